The number of hydrogen-bond donors (Lipinski definition) is 6. The molecule has 482 valence electrons. The van der Waals surface area contributed by atoms with E-state index in [1.165, 1.54) is 30.1 Å². The molecule has 2 aliphatic carbocycles. The van der Waals surface area contributed by atoms with Crippen molar-refractivity contribution in [3.05, 3.63) is 202 Å². The number of carboxylic acid groups (broad SMARTS) is 1. The van der Waals surface area contributed by atoms with Gasteiger partial charge >= 0.3 is 5.97 Å². The number of aryl methyl sites for hydroxylation is 2. The number of aliphatic hydroxyl groups excluding tert-OH is 2. The van der Waals surface area contributed by atoms with E-state index in [1.54, 1.807) is 52.4 Å². The summed E-state index contributed by atoms with van der Waals surface area (Å²) in [5.74, 6) is -1.95. The van der Waals surface area contributed by atoms with Crippen molar-refractivity contribution in [3.8, 4) is 0 Å². The lowest BCUT2D eigenvalue weighted by Gasteiger charge is -2.16. The number of aliphatic hydroxyl groups is 2. The normalized spacial score (nSPS) is 13.6. The van der Waals surface area contributed by atoms with Crippen molar-refractivity contribution >= 4 is 46.2 Å². The molecule has 0 spiro atoms. The van der Waals surface area contributed by atoms with Gasteiger partial charge in [0.1, 0.15) is 22.7 Å². The van der Waals surface area contributed by atoms with E-state index in [-0.39, 0.29) is 47.6 Å². The van der Waals surface area contributed by atoms with E-state index >= 15 is 0 Å². The van der Waals surface area contributed by atoms with Gasteiger partial charge in [-0.3, -0.25) is 27.6 Å². The number of aromatic nitrogens is 4. The van der Waals surface area contributed by atoms with Gasteiger partial charge in [0.05, 0.1) is 44.7 Å². The third kappa shape index (κ3) is 25.1. The Kier molecular flexibility index (Phi) is 47.2. The van der Waals surface area contributed by atoms with Crippen LogP contribution in [0.2, 0.25) is 0 Å². The Bertz CT molecular complexity index is 3180. The fourth-order valence-corrected chi connectivity index (χ4v) is 8.22. The van der Waals surface area contributed by atoms with Crippen molar-refractivity contribution in [1.82, 2.24) is 18.8 Å². The van der Waals surface area contributed by atoms with Crippen LogP contribution in [0.5, 0.6) is 0 Å². The van der Waals surface area contributed by atoms with Gasteiger partial charge in [-0.1, -0.05) is 78.9 Å². The van der Waals surface area contributed by atoms with Crippen LogP contribution in [0.25, 0.3) is 11.3 Å². The van der Waals surface area contributed by atoms with Gasteiger partial charge in [-0.05, 0) is 96.1 Å². The lowest BCUT2D eigenvalue weighted by atomic mass is 9.91. The van der Waals surface area contributed by atoms with Crippen LogP contribution in [-0.4, -0.2) is 77.0 Å². The third-order valence-electron chi connectivity index (χ3n) is 11.9. The predicted molar refractivity (Wildman–Crippen MR) is 276 cm³/mol. The number of rotatable bonds is 8. The summed E-state index contributed by atoms with van der Waals surface area (Å²) in [7, 11) is -1.00. The zero-order chi connectivity index (χ0) is 68.5. The monoisotopic (exact) mass is 1280 g/mol. The number of fused-ring (bicyclic) bond motifs is 4. The molecule has 2 aliphatic rings. The molecule has 7 N–H and O–H groups in total. The van der Waals surface area contributed by atoms with Crippen LogP contribution in [0.3, 0.4) is 0 Å². The lowest BCUT2D eigenvalue weighted by molar-refractivity contribution is 0.0696. The van der Waals surface area contributed by atoms with Gasteiger partial charge in [-0.15, -0.1) is 0 Å². The first-order chi connectivity index (χ1) is 42.8. The molecule has 8 aromatic rings. The van der Waals surface area contributed by atoms with Gasteiger partial charge in [0.25, 0.3) is 11.8 Å². The molecule has 10 rings (SSSR count). The summed E-state index contributed by atoms with van der Waals surface area (Å²) in [5, 5.41) is 34.6. The molecule has 4 aromatic carbocycles. The quantitative estimate of drug-likeness (QED) is 0.0625. The van der Waals surface area contributed by atoms with Gasteiger partial charge in [-0.2, -0.15) is 0 Å². The van der Waals surface area contributed by atoms with E-state index in [2.05, 4.69) is 20.6 Å². The predicted octanol–water partition coefficient (Wildman–Crippen LogP) is 16.4. The first-order valence-corrected chi connectivity index (χ1v) is 22.8. The smallest absolute Gasteiger partial charge is 0.335 e. The maximum atomic E-state index is 13.1. The lowest BCUT2D eigenvalue weighted by Crippen LogP contribution is -2.21. The van der Waals surface area contributed by atoms with Gasteiger partial charge in [0, 0.05) is 140 Å². The summed E-state index contributed by atoms with van der Waals surface area (Å²) in [4.78, 5) is 57.8. The van der Waals surface area contributed by atoms with Crippen LogP contribution in [0.15, 0.2) is 146 Å². The first-order valence-electron chi connectivity index (χ1n) is 23.5. The zero-order valence-corrected chi connectivity index (χ0v) is 44.3. The fourth-order valence-electron chi connectivity index (χ4n) is 8.22. The van der Waals surface area contributed by atoms with E-state index in [1.807, 2.05) is 91.9 Å². The Morgan fingerprint density at radius 1 is 0.540 bits per heavy atom. The second-order valence-corrected chi connectivity index (χ2v) is 16.1. The molecule has 0 bridgehead atoms. The number of halogens is 21. The van der Waals surface area contributed by atoms with Gasteiger partial charge in [0.2, 0.25) is 0 Å². The summed E-state index contributed by atoms with van der Waals surface area (Å²) >= 11 is 0. The van der Waals surface area contributed by atoms with E-state index in [4.69, 9.17) is 104 Å². The topological polar surface area (TPSA) is 214 Å². The maximum absolute atomic E-state index is 13.1. The number of nitrogens with one attached hydrogen (secondary N) is 2. The summed E-state index contributed by atoms with van der Waals surface area (Å²) in [6.45, 7) is 3.69. The standard InChI is InChI=1S/C26H23N3O3.C16H13N3O3.C9H11NO.CH3F.10F2/c1-16-9-10-18(23(30)14-20-19-7-3-2-6-17(19)13-24(20)31)12-21(16)28-26(32)22-15-27-25-8-4-5-11-29(22)25;1-10-5-6-11(16(21)22)8-12(10)18-15(20)13-9-17-14-4-2-3-7-19(13)14;10-9-7-4-2-1-3-6(7)5-8(9)11;11*1-2/h2-12,15,20,24,31H,13-14H2,1H3,(H,28,32);2-9H,1H3,(H,18,20)(H,21,22);1-4,8-9,11H,5,10H2;1H3;;;;;;;;;;/t20-,24+;;8-,9+;;;;;;;;;;;/m1.0.........../s1/i;;;1D;;;;;;;;;;. The van der Waals surface area contributed by atoms with E-state index in [0.29, 0.717) is 52.5 Å². The van der Waals surface area contributed by atoms with Crippen molar-refractivity contribution in [2.45, 2.75) is 57.3 Å². The van der Waals surface area contributed by atoms with E-state index in [9.17, 15) is 33.8 Å². The largest absolute Gasteiger partial charge is 0.478 e. The number of carbonyl (C=O) groups is 4. The van der Waals surface area contributed by atoms with Crippen LogP contribution < -0.4 is 16.4 Å². The van der Waals surface area contributed by atoms with Crippen molar-refractivity contribution in [1.29, 1.82) is 0 Å². The third-order valence-corrected chi connectivity index (χ3v) is 11.9. The highest BCUT2D eigenvalue weighted by Crippen LogP contribution is 2.37. The first kappa shape index (κ1) is 82.0. The molecule has 0 unspecified atom stereocenters. The molecular weight excluding hydrogens is 1230 g/mol. The number of hydrogen-bond acceptors (Lipinski definition) is 9. The fraction of sp³-hybridized carbons (Fsp3) is 0.192. The highest BCUT2D eigenvalue weighted by atomic mass is 20.0. The Morgan fingerprint density at radius 3 is 1.31 bits per heavy atom. The van der Waals surface area contributed by atoms with E-state index in [0.717, 1.165) is 27.8 Å². The number of carboxylic acids is 1. The molecule has 2 amide bonds. The van der Waals surface area contributed by atoms with Crippen molar-refractivity contribution < 1.29 is 132 Å². The number of Topliss-reactive ketones (excluding diaryl/α,β-unsaturated/α-hetero) is 1. The Labute approximate surface area is 479 Å². The maximum Gasteiger partial charge on any atom is 0.335 e. The number of nitrogens with two attached hydrogens (primary N) is 1. The second kappa shape index (κ2) is 50.1. The summed E-state index contributed by atoms with van der Waals surface area (Å²) in [5.41, 5.74) is 15.7. The molecule has 4 heterocycles. The molecule has 0 fully saturated rings. The number of alkyl halides is 1. The number of benzene rings is 4. The Balaban J connectivity index is -0.000000547. The average Bonchev–Trinajstić information content (AvgIpc) is 2.97. The molecule has 4 atom stereocenters. The minimum Gasteiger partial charge on any atom is -0.478 e. The second-order valence-electron chi connectivity index (χ2n) is 16.1. The van der Waals surface area contributed by atoms with Crippen LogP contribution >= 0.6 is 0 Å². The molecule has 4 aromatic heterocycles. The molecule has 0 saturated carbocycles. The molecule has 14 nitrogen and oxygen atoms in total. The molecule has 0 aliphatic heterocycles. The number of amides is 2. The highest BCUT2D eigenvalue weighted by molar-refractivity contribution is 6.06. The average molecular weight is 1280 g/mol. The van der Waals surface area contributed by atoms with Gasteiger partial charge in [0.15, 0.2) is 5.78 Å². The highest BCUT2D eigenvalue weighted by Gasteiger charge is 2.33. The molecule has 0 radical (unpaired) electrons. The minimum atomic E-state index is -1.04. The molecule has 87 heavy (non-hydrogen) atoms. The number of ketones is 1. The Hall–Kier alpha value is -9.25. The van der Waals surface area contributed by atoms with Crippen LogP contribution in [0.4, 0.5) is 107 Å². The molecular formula is C52H50F21N7O7. The summed E-state index contributed by atoms with van der Waals surface area (Å²) in [6, 6.07) is 36.5. The van der Waals surface area contributed by atoms with Crippen LogP contribution in [0, 0.1) is 13.8 Å². The number of aromatic carboxylic acids is 1. The number of pyridine rings is 2. The number of carbonyl (C=O) groups excluding carboxylic acids is 3. The SMILES string of the molecule is Cc1ccc(C(=O)C[C@@H]2c3ccccc3C[C@@H]2O)cc1NC(=O)c1cnc2ccccn12.Cc1ccc(C(=O)O)cc1NC(=O)c1cnc2ccccn12.FF.FF.FF.FF.FF.FF.FF.FF.FF.FF.N[C@@H]1c2ccccc2C[C@@H]1O.[2H]CF. The van der Waals surface area contributed by atoms with Crippen molar-refractivity contribution in [3.63, 3.8) is 0 Å². The zero-order valence-electron chi connectivity index (χ0n) is 45.3. The van der Waals surface area contributed by atoms with Crippen molar-refractivity contribution in [2.75, 3.05) is 17.8 Å². The van der Waals surface area contributed by atoms with E-state index < -0.39 is 19.2 Å². The summed E-state index contributed by atoms with van der Waals surface area (Å²) < 4.78 is 179. The summed E-state index contributed by atoms with van der Waals surface area (Å²) in [6.07, 6.45) is 7.12. The van der Waals surface area contributed by atoms with Gasteiger partial charge < -0.3 is 31.7 Å². The van der Waals surface area contributed by atoms with Crippen LogP contribution in [0.1, 0.15) is 94.8 Å². The Morgan fingerprint density at radius 2 is 0.897 bits per heavy atom. The van der Waals surface area contributed by atoms with Gasteiger partial charge in [-0.25, -0.2) is 14.8 Å². The molecule has 35 heteroatoms. The number of anilines is 2. The number of imidazole rings is 2. The number of nitrogens with zero attached hydrogens (tertiary/aromatic N) is 4. The minimum absolute atomic E-state index is 0.0592. The van der Waals surface area contributed by atoms with Crippen LogP contribution in [-0.2, 0) is 12.8 Å². The van der Waals surface area contributed by atoms with Crippen molar-refractivity contribution in [2.24, 2.45) is 5.73 Å². The molecule has 0 saturated heterocycles.